The highest BCUT2D eigenvalue weighted by atomic mass is 16.1. The van der Waals surface area contributed by atoms with Crippen LogP contribution in [0.5, 0.6) is 0 Å². The minimum Gasteiger partial charge on any atom is -0.395 e. The van der Waals surface area contributed by atoms with E-state index in [4.69, 9.17) is 5.73 Å². The zero-order valence-corrected chi connectivity index (χ0v) is 5.87. The fourth-order valence-corrected chi connectivity index (χ4v) is 1.08. The molecule has 54 valence electrons. The Bertz CT molecular complexity index is 382. The Balaban J connectivity index is 2.48. The normalized spacial score (nSPS) is 10.5. The van der Waals surface area contributed by atoms with E-state index in [9.17, 15) is 4.79 Å². The molecule has 0 saturated carbocycles. The monoisotopic (exact) mass is 145 g/mol. The molecule has 0 saturated heterocycles. The number of hydrogen-bond donors (Lipinski definition) is 1. The summed E-state index contributed by atoms with van der Waals surface area (Å²) >= 11 is 0. The van der Waals surface area contributed by atoms with Gasteiger partial charge in [-0.15, -0.1) is 0 Å². The van der Waals surface area contributed by atoms with Gasteiger partial charge in [0.1, 0.15) is 0 Å². The molecule has 2 aromatic rings. The highest BCUT2D eigenvalue weighted by Gasteiger charge is 2.19. The smallest absolute Gasteiger partial charge is 0.212 e. The zero-order valence-electron chi connectivity index (χ0n) is 5.87. The van der Waals surface area contributed by atoms with Gasteiger partial charge in [0.05, 0.1) is 11.3 Å². The Morgan fingerprint density at radius 3 is 2.09 bits per heavy atom. The van der Waals surface area contributed by atoms with Crippen LogP contribution >= 0.6 is 0 Å². The highest BCUT2D eigenvalue weighted by molar-refractivity contribution is 5.87. The van der Waals surface area contributed by atoms with Gasteiger partial charge in [0.2, 0.25) is 5.43 Å². The van der Waals surface area contributed by atoms with Crippen LogP contribution in [0.15, 0.2) is 35.1 Å². The van der Waals surface area contributed by atoms with Gasteiger partial charge in [-0.05, 0) is 5.56 Å². The Hall–Kier alpha value is -1.57. The molecule has 2 rings (SSSR count). The lowest BCUT2D eigenvalue weighted by Crippen LogP contribution is -1.80. The van der Waals surface area contributed by atoms with Crippen molar-refractivity contribution >= 4 is 5.69 Å². The van der Waals surface area contributed by atoms with Crippen molar-refractivity contribution in [1.29, 1.82) is 0 Å². The molecule has 2 aromatic carbocycles. The lowest BCUT2D eigenvalue weighted by Gasteiger charge is -1.87. The van der Waals surface area contributed by atoms with Crippen LogP contribution in [0.25, 0.3) is 11.1 Å². The number of benzene rings is 1. The lowest BCUT2D eigenvalue weighted by atomic mass is 10.2. The second-order valence-corrected chi connectivity index (χ2v) is 2.48. The fourth-order valence-electron chi connectivity index (χ4n) is 1.08. The molecule has 0 aliphatic heterocycles. The van der Waals surface area contributed by atoms with Crippen molar-refractivity contribution in [3.8, 4) is 11.1 Å². The van der Waals surface area contributed by atoms with Gasteiger partial charge in [0.25, 0.3) is 0 Å². The number of nitrogen functional groups attached to an aromatic ring is 1. The molecule has 0 atom stereocenters. The third-order valence-corrected chi connectivity index (χ3v) is 1.74. The molecule has 11 heavy (non-hydrogen) atoms. The number of anilines is 1. The van der Waals surface area contributed by atoms with Gasteiger partial charge in [-0.1, -0.05) is 30.3 Å². The SMILES string of the molecule is Nc1c(-c2ccccc2)c1=O. The van der Waals surface area contributed by atoms with Crippen LogP contribution < -0.4 is 11.2 Å². The Kier molecular flexibility index (Phi) is 1.09. The van der Waals surface area contributed by atoms with Crippen molar-refractivity contribution in [2.75, 3.05) is 5.73 Å². The molecule has 0 amide bonds. The van der Waals surface area contributed by atoms with Crippen molar-refractivity contribution in [2.24, 2.45) is 0 Å². The maximum Gasteiger partial charge on any atom is 0.212 e. The Morgan fingerprint density at radius 1 is 1.09 bits per heavy atom. The molecular weight excluding hydrogens is 138 g/mol. The second kappa shape index (κ2) is 1.95. The largest absolute Gasteiger partial charge is 0.395 e. The molecule has 0 bridgehead atoms. The summed E-state index contributed by atoms with van der Waals surface area (Å²) in [5.74, 6) is 0. The van der Waals surface area contributed by atoms with Crippen LogP contribution in [0.3, 0.4) is 0 Å². The predicted molar refractivity (Wildman–Crippen MR) is 44.9 cm³/mol. The van der Waals surface area contributed by atoms with Crippen molar-refractivity contribution in [2.45, 2.75) is 0 Å². The molecule has 0 unspecified atom stereocenters. The molecule has 0 aliphatic carbocycles. The predicted octanol–water partition coefficient (Wildman–Crippen LogP) is 1.17. The van der Waals surface area contributed by atoms with Gasteiger partial charge in [-0.3, -0.25) is 4.79 Å². The average molecular weight is 145 g/mol. The van der Waals surface area contributed by atoms with Gasteiger partial charge in [-0.25, -0.2) is 0 Å². The first-order valence-corrected chi connectivity index (χ1v) is 3.40. The van der Waals surface area contributed by atoms with Crippen molar-refractivity contribution < 1.29 is 0 Å². The second-order valence-electron chi connectivity index (χ2n) is 2.48. The first kappa shape index (κ1) is 6.16. The number of rotatable bonds is 1. The minimum absolute atomic E-state index is 0.00352. The van der Waals surface area contributed by atoms with Crippen LogP contribution in [0.1, 0.15) is 0 Å². The van der Waals surface area contributed by atoms with E-state index >= 15 is 0 Å². The molecule has 2 heteroatoms. The zero-order chi connectivity index (χ0) is 7.84. The Labute approximate surface area is 64.0 Å². The third kappa shape index (κ3) is 0.835. The average Bonchev–Trinajstić information content (AvgIpc) is 2.62. The summed E-state index contributed by atoms with van der Waals surface area (Å²) in [6.07, 6.45) is 0. The lowest BCUT2D eigenvalue weighted by molar-refractivity contribution is 1.70. The fraction of sp³-hybridized carbons (Fsp3) is 0. The van der Waals surface area contributed by atoms with Crippen LogP contribution in [-0.4, -0.2) is 0 Å². The summed E-state index contributed by atoms with van der Waals surface area (Å²) in [6.45, 7) is 0. The van der Waals surface area contributed by atoms with Gasteiger partial charge in [0, 0.05) is 0 Å². The maximum absolute atomic E-state index is 10.8. The molecule has 0 radical (unpaired) electrons. The molecule has 0 aliphatic rings. The molecule has 2 nitrogen and oxygen atoms in total. The summed E-state index contributed by atoms with van der Waals surface area (Å²) in [6, 6.07) is 9.45. The standard InChI is InChI=1S/C9H7NO/c10-8-7(9(8)11)6-4-2-1-3-5-6/h1-5H,10H2. The van der Waals surface area contributed by atoms with Gasteiger partial charge < -0.3 is 5.73 Å². The van der Waals surface area contributed by atoms with Crippen LogP contribution in [0, 0.1) is 0 Å². The first-order chi connectivity index (χ1) is 5.30. The number of nitrogens with two attached hydrogens (primary N) is 1. The van der Waals surface area contributed by atoms with E-state index in [1.165, 1.54) is 0 Å². The van der Waals surface area contributed by atoms with Crippen molar-refractivity contribution in [3.63, 3.8) is 0 Å². The van der Waals surface area contributed by atoms with Crippen LogP contribution in [0.2, 0.25) is 0 Å². The van der Waals surface area contributed by atoms with Gasteiger partial charge in [0.15, 0.2) is 0 Å². The van der Waals surface area contributed by atoms with Crippen molar-refractivity contribution in [3.05, 3.63) is 40.6 Å². The molecule has 0 spiro atoms. The summed E-state index contributed by atoms with van der Waals surface area (Å²) in [4.78, 5) is 10.8. The molecular formula is C9H7NO. The first-order valence-electron chi connectivity index (χ1n) is 3.40. The minimum atomic E-state index is -0.00352. The molecule has 0 fully saturated rings. The van der Waals surface area contributed by atoms with E-state index in [1.54, 1.807) is 0 Å². The number of hydrogen-bond acceptors (Lipinski definition) is 2. The van der Waals surface area contributed by atoms with Crippen molar-refractivity contribution in [1.82, 2.24) is 0 Å². The summed E-state index contributed by atoms with van der Waals surface area (Å²) in [5.41, 5.74) is 7.39. The van der Waals surface area contributed by atoms with E-state index in [1.807, 2.05) is 30.3 Å². The quantitative estimate of drug-likeness (QED) is 0.654. The van der Waals surface area contributed by atoms with Gasteiger partial charge in [-0.2, -0.15) is 0 Å². The van der Waals surface area contributed by atoms with E-state index in [0.717, 1.165) is 5.56 Å². The Morgan fingerprint density at radius 2 is 1.64 bits per heavy atom. The third-order valence-electron chi connectivity index (χ3n) is 1.74. The molecule has 0 heterocycles. The maximum atomic E-state index is 10.8. The van der Waals surface area contributed by atoms with E-state index in [0.29, 0.717) is 11.3 Å². The van der Waals surface area contributed by atoms with E-state index < -0.39 is 0 Å². The van der Waals surface area contributed by atoms with Crippen LogP contribution in [-0.2, 0) is 0 Å². The van der Waals surface area contributed by atoms with E-state index in [-0.39, 0.29) is 5.43 Å². The summed E-state index contributed by atoms with van der Waals surface area (Å²) < 4.78 is 0. The van der Waals surface area contributed by atoms with Gasteiger partial charge >= 0.3 is 0 Å². The topological polar surface area (TPSA) is 43.1 Å². The molecule has 2 N–H and O–H groups in total. The molecule has 0 aromatic heterocycles. The summed E-state index contributed by atoms with van der Waals surface area (Å²) in [5, 5.41) is 0. The van der Waals surface area contributed by atoms with E-state index in [2.05, 4.69) is 0 Å². The van der Waals surface area contributed by atoms with Crippen LogP contribution in [0.4, 0.5) is 5.69 Å². The highest BCUT2D eigenvalue weighted by Crippen LogP contribution is 2.26. The summed E-state index contributed by atoms with van der Waals surface area (Å²) in [7, 11) is 0.